The molecule has 27 heavy (non-hydrogen) atoms. The van der Waals surface area contributed by atoms with E-state index in [4.69, 9.17) is 0 Å². The van der Waals surface area contributed by atoms with Crippen LogP contribution in [0.1, 0.15) is 17.7 Å². The van der Waals surface area contributed by atoms with Crippen molar-refractivity contribution in [2.75, 3.05) is 37.8 Å². The standard InChI is InChI=1S/C17H20F5N5/c1-27(2)5-3-4-23-16-25-14(17(20,21)22)9-15(26-16)24-10-11-6-12(18)8-13(19)7-11/h6-9H,3-5,10H2,1-2H3,(H2,23,24,25,26). The van der Waals surface area contributed by atoms with Gasteiger partial charge < -0.3 is 15.5 Å². The van der Waals surface area contributed by atoms with Crippen molar-refractivity contribution in [3.63, 3.8) is 0 Å². The first-order valence-electron chi connectivity index (χ1n) is 8.17. The van der Waals surface area contributed by atoms with Crippen molar-refractivity contribution in [3.8, 4) is 0 Å². The van der Waals surface area contributed by atoms with Crippen molar-refractivity contribution in [2.24, 2.45) is 0 Å². The molecule has 10 heteroatoms. The second-order valence-corrected chi connectivity index (χ2v) is 6.17. The lowest BCUT2D eigenvalue weighted by Crippen LogP contribution is -2.18. The van der Waals surface area contributed by atoms with E-state index in [-0.39, 0.29) is 23.9 Å². The Morgan fingerprint density at radius 3 is 2.22 bits per heavy atom. The largest absolute Gasteiger partial charge is 0.433 e. The third-order valence-corrected chi connectivity index (χ3v) is 3.48. The summed E-state index contributed by atoms with van der Waals surface area (Å²) < 4.78 is 65.6. The van der Waals surface area contributed by atoms with Crippen LogP contribution in [0, 0.1) is 11.6 Å². The number of rotatable bonds is 8. The highest BCUT2D eigenvalue weighted by Crippen LogP contribution is 2.29. The van der Waals surface area contributed by atoms with Gasteiger partial charge in [0.05, 0.1) is 0 Å². The molecule has 0 atom stereocenters. The van der Waals surface area contributed by atoms with Gasteiger partial charge in [-0.2, -0.15) is 18.2 Å². The normalized spacial score (nSPS) is 11.7. The molecule has 1 heterocycles. The lowest BCUT2D eigenvalue weighted by molar-refractivity contribution is -0.141. The highest BCUT2D eigenvalue weighted by molar-refractivity contribution is 5.43. The Balaban J connectivity index is 2.12. The summed E-state index contributed by atoms with van der Waals surface area (Å²) in [5.74, 6) is -1.81. The van der Waals surface area contributed by atoms with E-state index in [9.17, 15) is 22.0 Å². The molecule has 148 valence electrons. The molecule has 0 saturated carbocycles. The summed E-state index contributed by atoms with van der Waals surface area (Å²) in [4.78, 5) is 9.42. The number of nitrogens with zero attached hydrogens (tertiary/aromatic N) is 3. The highest BCUT2D eigenvalue weighted by Gasteiger charge is 2.33. The van der Waals surface area contributed by atoms with Crippen molar-refractivity contribution < 1.29 is 22.0 Å². The average Bonchev–Trinajstić information content (AvgIpc) is 2.55. The van der Waals surface area contributed by atoms with E-state index in [1.807, 2.05) is 19.0 Å². The molecule has 0 bridgehead atoms. The van der Waals surface area contributed by atoms with Crippen molar-refractivity contribution in [2.45, 2.75) is 19.1 Å². The fraction of sp³-hybridized carbons (Fsp3) is 0.412. The molecular formula is C17H20F5N5. The Labute approximate surface area is 153 Å². The maximum Gasteiger partial charge on any atom is 0.433 e. The van der Waals surface area contributed by atoms with E-state index in [2.05, 4.69) is 20.6 Å². The molecule has 0 fully saturated rings. The average molecular weight is 389 g/mol. The number of nitrogens with one attached hydrogen (secondary N) is 2. The van der Waals surface area contributed by atoms with Gasteiger partial charge in [0.1, 0.15) is 17.5 Å². The van der Waals surface area contributed by atoms with Crippen LogP contribution in [-0.2, 0) is 12.7 Å². The van der Waals surface area contributed by atoms with E-state index in [1.165, 1.54) is 0 Å². The van der Waals surface area contributed by atoms with Crippen LogP contribution < -0.4 is 10.6 Å². The third kappa shape index (κ3) is 6.97. The van der Waals surface area contributed by atoms with Gasteiger partial charge in [0.2, 0.25) is 5.95 Å². The number of hydrogen-bond acceptors (Lipinski definition) is 5. The molecular weight excluding hydrogens is 369 g/mol. The van der Waals surface area contributed by atoms with E-state index in [0.29, 0.717) is 19.0 Å². The quantitative estimate of drug-likeness (QED) is 0.532. The molecule has 0 saturated heterocycles. The van der Waals surface area contributed by atoms with Crippen LogP contribution >= 0.6 is 0 Å². The molecule has 5 nitrogen and oxygen atoms in total. The van der Waals surface area contributed by atoms with Crippen LogP contribution in [0.4, 0.5) is 33.7 Å². The Bertz CT molecular complexity index is 744. The molecule has 0 amide bonds. The lowest BCUT2D eigenvalue weighted by atomic mass is 10.2. The summed E-state index contributed by atoms with van der Waals surface area (Å²) in [6.45, 7) is 1.05. The molecule has 1 aromatic heterocycles. The number of anilines is 2. The van der Waals surface area contributed by atoms with Crippen LogP contribution in [0.5, 0.6) is 0 Å². The van der Waals surface area contributed by atoms with Gasteiger partial charge in [0, 0.05) is 25.2 Å². The second-order valence-electron chi connectivity index (χ2n) is 6.17. The Hall–Kier alpha value is -2.49. The van der Waals surface area contributed by atoms with Gasteiger partial charge in [0.25, 0.3) is 0 Å². The second kappa shape index (κ2) is 8.94. The van der Waals surface area contributed by atoms with Gasteiger partial charge >= 0.3 is 6.18 Å². The minimum absolute atomic E-state index is 0.0942. The molecule has 0 spiro atoms. The zero-order valence-electron chi connectivity index (χ0n) is 14.9. The summed E-state index contributed by atoms with van der Waals surface area (Å²) in [5.41, 5.74) is -0.874. The first-order chi connectivity index (χ1) is 12.6. The van der Waals surface area contributed by atoms with E-state index in [0.717, 1.165) is 24.7 Å². The van der Waals surface area contributed by atoms with Crippen LogP contribution in [-0.4, -0.2) is 42.1 Å². The summed E-state index contributed by atoms with van der Waals surface area (Å²) in [6.07, 6.45) is -3.96. The van der Waals surface area contributed by atoms with Gasteiger partial charge in [-0.3, -0.25) is 0 Å². The highest BCUT2D eigenvalue weighted by atomic mass is 19.4. The van der Waals surface area contributed by atoms with E-state index in [1.54, 1.807) is 0 Å². The maximum atomic E-state index is 13.2. The molecule has 2 N–H and O–H groups in total. The monoisotopic (exact) mass is 389 g/mol. The van der Waals surface area contributed by atoms with Crippen molar-refractivity contribution in [1.82, 2.24) is 14.9 Å². The number of halogens is 5. The molecule has 0 radical (unpaired) electrons. The molecule has 1 aromatic carbocycles. The number of alkyl halides is 3. The summed E-state index contributed by atoms with van der Waals surface area (Å²) in [7, 11) is 3.77. The Kier molecular flexibility index (Phi) is 6.89. The van der Waals surface area contributed by atoms with E-state index >= 15 is 0 Å². The smallest absolute Gasteiger partial charge is 0.366 e. The van der Waals surface area contributed by atoms with Gasteiger partial charge in [-0.05, 0) is 44.8 Å². The van der Waals surface area contributed by atoms with Crippen LogP contribution in [0.3, 0.4) is 0 Å². The van der Waals surface area contributed by atoms with Crippen LogP contribution in [0.25, 0.3) is 0 Å². The van der Waals surface area contributed by atoms with Gasteiger partial charge in [-0.1, -0.05) is 0 Å². The molecule has 0 aliphatic heterocycles. The summed E-state index contributed by atoms with van der Waals surface area (Å²) in [5, 5.41) is 5.40. The van der Waals surface area contributed by atoms with Crippen LogP contribution in [0.2, 0.25) is 0 Å². The fourth-order valence-electron chi connectivity index (χ4n) is 2.26. The third-order valence-electron chi connectivity index (χ3n) is 3.48. The van der Waals surface area contributed by atoms with Crippen molar-refractivity contribution >= 4 is 11.8 Å². The van der Waals surface area contributed by atoms with Crippen molar-refractivity contribution in [1.29, 1.82) is 0 Å². The molecule has 0 aliphatic rings. The summed E-state index contributed by atoms with van der Waals surface area (Å²) >= 11 is 0. The van der Waals surface area contributed by atoms with Gasteiger partial charge in [-0.15, -0.1) is 0 Å². The number of hydrogen-bond donors (Lipinski definition) is 2. The molecule has 0 aliphatic carbocycles. The Morgan fingerprint density at radius 2 is 1.63 bits per heavy atom. The van der Waals surface area contributed by atoms with Gasteiger partial charge in [-0.25, -0.2) is 13.8 Å². The van der Waals surface area contributed by atoms with Gasteiger partial charge in [0.15, 0.2) is 5.69 Å². The van der Waals surface area contributed by atoms with Crippen LogP contribution in [0.15, 0.2) is 24.3 Å². The maximum absolute atomic E-state index is 13.2. The molecule has 0 unspecified atom stereocenters. The van der Waals surface area contributed by atoms with Crippen molar-refractivity contribution in [3.05, 3.63) is 47.2 Å². The minimum Gasteiger partial charge on any atom is -0.366 e. The first-order valence-corrected chi connectivity index (χ1v) is 8.17. The predicted molar refractivity (Wildman–Crippen MR) is 92.4 cm³/mol. The molecule has 2 aromatic rings. The topological polar surface area (TPSA) is 53.1 Å². The minimum atomic E-state index is -4.65. The number of benzene rings is 1. The molecule has 2 rings (SSSR count). The Morgan fingerprint density at radius 1 is 0.963 bits per heavy atom. The first kappa shape index (κ1) is 20.8. The number of aromatic nitrogens is 2. The lowest BCUT2D eigenvalue weighted by Gasteiger charge is -2.14. The SMILES string of the molecule is CN(C)CCCNc1nc(NCc2cc(F)cc(F)c2)cc(C(F)(F)F)n1. The zero-order chi connectivity index (χ0) is 20.0. The summed E-state index contributed by atoms with van der Waals surface area (Å²) in [6, 6.07) is 3.64. The zero-order valence-corrected chi connectivity index (χ0v) is 14.9. The predicted octanol–water partition coefficient (Wildman–Crippen LogP) is 3.75. The fourth-order valence-corrected chi connectivity index (χ4v) is 2.26. The van der Waals surface area contributed by atoms with E-state index < -0.39 is 23.5 Å².